The second kappa shape index (κ2) is 5.41. The summed E-state index contributed by atoms with van der Waals surface area (Å²) in [5, 5.41) is 11.1. The highest BCUT2D eigenvalue weighted by molar-refractivity contribution is 6.07. The minimum absolute atomic E-state index is 0.0626. The zero-order valence-electron chi connectivity index (χ0n) is 15.0. The fraction of sp³-hybridized carbons (Fsp3) is 0.750. The van der Waals surface area contributed by atoms with Crippen LogP contribution in [0, 0.1) is 35.5 Å². The summed E-state index contributed by atoms with van der Waals surface area (Å²) in [5.41, 5.74) is -1.62. The van der Waals surface area contributed by atoms with Crippen molar-refractivity contribution in [3.05, 3.63) is 12.2 Å². The summed E-state index contributed by atoms with van der Waals surface area (Å²) in [7, 11) is 0. The monoisotopic (exact) mass is 359 g/mol. The number of aliphatic hydroxyl groups is 1. The van der Waals surface area contributed by atoms with Crippen molar-refractivity contribution in [2.45, 2.75) is 50.9 Å². The van der Waals surface area contributed by atoms with Gasteiger partial charge in [-0.15, -0.1) is 0 Å². The molecule has 5 rings (SSSR count). The Morgan fingerprint density at radius 1 is 1.23 bits per heavy atom. The molecular weight excluding hydrogens is 334 g/mol. The SMILES string of the molecule is C[C@H]1C=C[C@H]2CCCCC2C1C(=O)C1C(=O)N2CC[C@H]3C(=O)O[C@@H]1[C@]32O. The number of carbonyl (C=O) groups is 3. The van der Waals surface area contributed by atoms with Gasteiger partial charge in [0.05, 0.1) is 0 Å². The van der Waals surface area contributed by atoms with Crippen LogP contribution in [-0.4, -0.2) is 46.0 Å². The van der Waals surface area contributed by atoms with Crippen LogP contribution >= 0.6 is 0 Å². The van der Waals surface area contributed by atoms with Crippen molar-refractivity contribution in [1.82, 2.24) is 4.90 Å². The third kappa shape index (κ3) is 1.89. The van der Waals surface area contributed by atoms with E-state index < -0.39 is 29.6 Å². The highest BCUT2D eigenvalue weighted by atomic mass is 16.6. The molecule has 8 atom stereocenters. The number of allylic oxidation sites excluding steroid dienone is 2. The average Bonchev–Trinajstić information content (AvgIpc) is 3.17. The van der Waals surface area contributed by atoms with Crippen molar-refractivity contribution in [3.63, 3.8) is 0 Å². The van der Waals surface area contributed by atoms with E-state index in [1.165, 1.54) is 11.3 Å². The van der Waals surface area contributed by atoms with E-state index in [4.69, 9.17) is 4.74 Å². The Balaban J connectivity index is 1.50. The maximum Gasteiger partial charge on any atom is 0.314 e. The highest BCUT2D eigenvalue weighted by Gasteiger charge is 2.74. The summed E-state index contributed by atoms with van der Waals surface area (Å²) < 4.78 is 5.40. The van der Waals surface area contributed by atoms with Gasteiger partial charge in [0.25, 0.3) is 0 Å². The number of carbonyl (C=O) groups excluding carboxylic acids is 3. The quantitative estimate of drug-likeness (QED) is 0.456. The van der Waals surface area contributed by atoms with E-state index >= 15 is 0 Å². The standard InChI is InChI=1S/C20H25NO5/c1-10-6-7-11-4-2-3-5-12(11)14(10)16(22)15-17-20(25)13(19(24)26-17)8-9-21(20)18(15)23/h6-7,10-15,17,25H,2-5,8-9H2,1H3/t10-,11+,12?,13-,14?,15?,17-,20+/m0/s1. The van der Waals surface area contributed by atoms with Crippen LogP contribution in [0.25, 0.3) is 0 Å². The van der Waals surface area contributed by atoms with Gasteiger partial charge in [-0.05, 0) is 37.0 Å². The molecule has 26 heavy (non-hydrogen) atoms. The zero-order chi connectivity index (χ0) is 18.2. The molecule has 0 bridgehead atoms. The van der Waals surface area contributed by atoms with Gasteiger partial charge in [0.2, 0.25) is 5.91 Å². The lowest BCUT2D eigenvalue weighted by molar-refractivity contribution is -0.150. The van der Waals surface area contributed by atoms with Crippen LogP contribution in [0.2, 0.25) is 0 Å². The molecule has 0 aromatic carbocycles. The molecule has 6 nitrogen and oxygen atoms in total. The van der Waals surface area contributed by atoms with E-state index in [-0.39, 0.29) is 29.4 Å². The number of hydrogen-bond acceptors (Lipinski definition) is 5. The molecule has 5 aliphatic rings. The van der Waals surface area contributed by atoms with E-state index in [0.29, 0.717) is 18.9 Å². The van der Waals surface area contributed by atoms with Crippen molar-refractivity contribution >= 4 is 17.7 Å². The lowest BCUT2D eigenvalue weighted by Gasteiger charge is -2.41. The van der Waals surface area contributed by atoms with Gasteiger partial charge in [-0.3, -0.25) is 14.4 Å². The number of fused-ring (bicyclic) bond motifs is 1. The molecule has 0 aromatic heterocycles. The number of hydrogen-bond donors (Lipinski definition) is 1. The first kappa shape index (κ1) is 16.5. The summed E-state index contributed by atoms with van der Waals surface area (Å²) in [4.78, 5) is 40.0. The molecule has 0 spiro atoms. The first-order chi connectivity index (χ1) is 12.4. The largest absolute Gasteiger partial charge is 0.455 e. The van der Waals surface area contributed by atoms with Crippen molar-refractivity contribution < 1.29 is 24.2 Å². The molecular formula is C20H25NO5. The summed E-state index contributed by atoms with van der Waals surface area (Å²) in [6.45, 7) is 2.35. The van der Waals surface area contributed by atoms with Gasteiger partial charge in [0.1, 0.15) is 11.8 Å². The molecule has 3 aliphatic heterocycles. The number of amides is 1. The van der Waals surface area contributed by atoms with Gasteiger partial charge < -0.3 is 14.7 Å². The minimum Gasteiger partial charge on any atom is -0.455 e. The van der Waals surface area contributed by atoms with E-state index in [0.717, 1.165) is 19.3 Å². The third-order valence-electron chi connectivity index (χ3n) is 7.57. The first-order valence-corrected chi connectivity index (χ1v) is 9.91. The summed E-state index contributed by atoms with van der Waals surface area (Å²) in [6.07, 6.45) is 8.10. The van der Waals surface area contributed by atoms with Gasteiger partial charge in [-0.2, -0.15) is 0 Å². The lowest BCUT2D eigenvalue weighted by Crippen LogP contribution is -2.48. The Hall–Kier alpha value is -1.69. The number of ether oxygens (including phenoxy) is 1. The van der Waals surface area contributed by atoms with Crippen LogP contribution in [0.1, 0.15) is 39.0 Å². The number of ketones is 1. The Morgan fingerprint density at radius 2 is 2.00 bits per heavy atom. The molecule has 1 saturated carbocycles. The smallest absolute Gasteiger partial charge is 0.314 e. The average molecular weight is 359 g/mol. The fourth-order valence-corrected chi connectivity index (χ4v) is 6.32. The van der Waals surface area contributed by atoms with Crippen LogP contribution in [0.5, 0.6) is 0 Å². The second-order valence-electron chi connectivity index (χ2n) is 8.73. The maximum atomic E-state index is 13.6. The Kier molecular flexibility index (Phi) is 3.43. The third-order valence-corrected chi connectivity index (χ3v) is 7.57. The molecule has 6 heteroatoms. The fourth-order valence-electron chi connectivity index (χ4n) is 6.32. The molecule has 3 unspecified atom stereocenters. The molecule has 3 heterocycles. The Morgan fingerprint density at radius 3 is 2.81 bits per heavy atom. The highest BCUT2D eigenvalue weighted by Crippen LogP contribution is 2.53. The van der Waals surface area contributed by atoms with Crippen molar-refractivity contribution in [2.75, 3.05) is 6.54 Å². The van der Waals surface area contributed by atoms with E-state index in [1.54, 1.807) is 0 Å². The molecule has 1 N–H and O–H groups in total. The molecule has 3 saturated heterocycles. The van der Waals surface area contributed by atoms with Crippen molar-refractivity contribution in [2.24, 2.45) is 35.5 Å². The second-order valence-corrected chi connectivity index (χ2v) is 8.73. The van der Waals surface area contributed by atoms with Crippen LogP contribution in [0.15, 0.2) is 12.2 Å². The summed E-state index contributed by atoms with van der Waals surface area (Å²) >= 11 is 0. The number of rotatable bonds is 2. The summed E-state index contributed by atoms with van der Waals surface area (Å²) in [5.74, 6) is -2.24. The Labute approximate surface area is 152 Å². The van der Waals surface area contributed by atoms with Gasteiger partial charge in [0.15, 0.2) is 17.6 Å². The van der Waals surface area contributed by atoms with Crippen LogP contribution in [0.3, 0.4) is 0 Å². The molecule has 1 amide bonds. The maximum absolute atomic E-state index is 13.6. The first-order valence-electron chi connectivity index (χ1n) is 9.91. The van der Waals surface area contributed by atoms with E-state index in [2.05, 4.69) is 12.2 Å². The predicted molar refractivity (Wildman–Crippen MR) is 90.4 cm³/mol. The number of nitrogens with zero attached hydrogens (tertiary/aromatic N) is 1. The lowest BCUT2D eigenvalue weighted by atomic mass is 9.62. The zero-order valence-corrected chi connectivity index (χ0v) is 15.0. The van der Waals surface area contributed by atoms with Gasteiger partial charge in [0, 0.05) is 12.5 Å². The molecule has 2 aliphatic carbocycles. The Bertz CT molecular complexity index is 717. The molecule has 0 aromatic rings. The van der Waals surface area contributed by atoms with Crippen LogP contribution in [0.4, 0.5) is 0 Å². The van der Waals surface area contributed by atoms with E-state index in [9.17, 15) is 19.5 Å². The van der Waals surface area contributed by atoms with Crippen molar-refractivity contribution in [1.29, 1.82) is 0 Å². The normalized spacial score (nSPS) is 49.2. The van der Waals surface area contributed by atoms with Crippen LogP contribution in [-0.2, 0) is 19.1 Å². The van der Waals surface area contributed by atoms with Gasteiger partial charge >= 0.3 is 5.97 Å². The summed E-state index contributed by atoms with van der Waals surface area (Å²) in [6, 6.07) is 0. The molecule has 0 radical (unpaired) electrons. The minimum atomic E-state index is -1.62. The number of esters is 1. The predicted octanol–water partition coefficient (Wildman–Crippen LogP) is 1.28. The van der Waals surface area contributed by atoms with Crippen molar-refractivity contribution in [3.8, 4) is 0 Å². The topological polar surface area (TPSA) is 83.9 Å². The molecule has 4 fully saturated rings. The van der Waals surface area contributed by atoms with Crippen LogP contribution < -0.4 is 0 Å². The molecule has 140 valence electrons. The number of Topliss-reactive ketones (excluding diaryl/α,β-unsaturated/α-hetero) is 1. The van der Waals surface area contributed by atoms with E-state index in [1.807, 2.05) is 6.92 Å². The van der Waals surface area contributed by atoms with Gasteiger partial charge in [-0.1, -0.05) is 31.9 Å². The van der Waals surface area contributed by atoms with Gasteiger partial charge in [-0.25, -0.2) is 0 Å².